The Morgan fingerprint density at radius 1 is 1.00 bits per heavy atom. The molecule has 0 aliphatic heterocycles. The van der Waals surface area contributed by atoms with Crippen molar-refractivity contribution in [3.05, 3.63) is 0 Å². The molecule has 0 saturated carbocycles. The molecule has 0 nitrogen and oxygen atoms in total. The number of halogens is 1. The van der Waals surface area contributed by atoms with Crippen LogP contribution in [0, 0.1) is 0 Å². The van der Waals surface area contributed by atoms with E-state index in [1.54, 1.807) is 8.87 Å². The van der Waals surface area contributed by atoms with Crippen molar-refractivity contribution in [3.63, 3.8) is 0 Å². The van der Waals surface area contributed by atoms with E-state index in [0.29, 0.717) is 0 Å². The monoisotopic (exact) mass is 361 g/mol. The van der Waals surface area contributed by atoms with Crippen molar-refractivity contribution in [2.75, 3.05) is 0 Å². The normalized spacial score (nSPS) is 9.90. The molecule has 0 heterocycles. The van der Waals surface area contributed by atoms with Crippen LogP contribution in [0.3, 0.4) is 0 Å². The molecule has 2 heteroatoms. The van der Waals surface area contributed by atoms with Gasteiger partial charge in [-0.15, -0.1) is 0 Å². The van der Waals surface area contributed by atoms with Gasteiger partial charge in [-0.25, -0.2) is 0 Å². The quantitative estimate of drug-likeness (QED) is 0.496. The standard InChI is InChI=1S/2C4H9.HI.Sn/c2*1-3-4-2;;/h2*1,3-4H2,2H3;1H;/q;;;+2/p-1. The number of hydrogen-bond acceptors (Lipinski definition) is 0. The Labute approximate surface area is 82.1 Å². The van der Waals surface area contributed by atoms with E-state index in [2.05, 4.69) is 32.5 Å². The first-order valence-electron chi connectivity index (χ1n) is 4.31. The maximum atomic E-state index is 2.78. The molecule has 0 aromatic rings. The van der Waals surface area contributed by atoms with Crippen LogP contribution < -0.4 is 0 Å². The van der Waals surface area contributed by atoms with Crippen LogP contribution in [0.25, 0.3) is 0 Å². The molecule has 0 aromatic heterocycles. The summed E-state index contributed by atoms with van der Waals surface area (Å²) in [5, 5.41) is 0. The fraction of sp³-hybridized carbons (Fsp3) is 1.00. The molecule has 0 fully saturated rings. The molecular weight excluding hydrogens is 342 g/mol. The second kappa shape index (κ2) is 8.62. The first-order valence-corrected chi connectivity index (χ1v) is 16.7. The van der Waals surface area contributed by atoms with Crippen LogP contribution in [0.4, 0.5) is 0 Å². The topological polar surface area (TPSA) is 0 Å². The molecule has 0 amide bonds. The minimum atomic E-state index is -0.771. The van der Waals surface area contributed by atoms with Gasteiger partial charge in [0.1, 0.15) is 0 Å². The van der Waals surface area contributed by atoms with Crippen LogP contribution in [0.2, 0.25) is 8.87 Å². The molecule has 0 aliphatic carbocycles. The maximum absolute atomic E-state index is 2.78. The molecule has 0 aromatic carbocycles. The van der Waals surface area contributed by atoms with Crippen molar-refractivity contribution < 1.29 is 0 Å². The molecule has 60 valence electrons. The Kier molecular flexibility index (Phi) is 9.94. The summed E-state index contributed by atoms with van der Waals surface area (Å²) in [4.78, 5) is 0. The van der Waals surface area contributed by atoms with E-state index in [1.807, 2.05) is 0 Å². The molecule has 0 radical (unpaired) electrons. The predicted octanol–water partition coefficient (Wildman–Crippen LogP) is 4.01. The first-order chi connectivity index (χ1) is 4.81. The molecule has 0 spiro atoms. The Hall–Kier alpha value is 1.53. The van der Waals surface area contributed by atoms with E-state index < -0.39 is 15.8 Å². The third-order valence-corrected chi connectivity index (χ3v) is 14.0. The molecule has 0 atom stereocenters. The van der Waals surface area contributed by atoms with Crippen molar-refractivity contribution in [1.82, 2.24) is 0 Å². The summed E-state index contributed by atoms with van der Waals surface area (Å²) in [5.41, 5.74) is 0. The van der Waals surface area contributed by atoms with E-state index in [-0.39, 0.29) is 0 Å². The van der Waals surface area contributed by atoms with Gasteiger partial charge in [0.25, 0.3) is 0 Å². The Bertz CT molecular complexity index is 58.3. The van der Waals surface area contributed by atoms with Crippen molar-refractivity contribution in [3.8, 4) is 0 Å². The predicted molar refractivity (Wildman–Crippen MR) is 59.2 cm³/mol. The number of rotatable bonds is 6. The summed E-state index contributed by atoms with van der Waals surface area (Å²) in [6.07, 6.45) is 5.81. The van der Waals surface area contributed by atoms with Gasteiger partial charge in [-0.05, 0) is 0 Å². The zero-order valence-corrected chi connectivity index (χ0v) is 12.1. The van der Waals surface area contributed by atoms with Gasteiger partial charge in [-0.2, -0.15) is 0 Å². The Balaban J connectivity index is 3.00. The number of unbranched alkanes of at least 4 members (excludes halogenated alkanes) is 2. The Morgan fingerprint density at radius 3 is 1.70 bits per heavy atom. The summed E-state index contributed by atoms with van der Waals surface area (Å²) in [6.45, 7) is 4.60. The van der Waals surface area contributed by atoms with E-state index in [4.69, 9.17) is 0 Å². The second-order valence-corrected chi connectivity index (χ2v) is 18.8. The van der Waals surface area contributed by atoms with Gasteiger partial charge in [0, 0.05) is 0 Å². The molecule has 0 aliphatic rings. The minimum absolute atomic E-state index is 0.771. The summed E-state index contributed by atoms with van der Waals surface area (Å²) < 4.78 is 3.25. The summed E-state index contributed by atoms with van der Waals surface area (Å²) in [6, 6.07) is 0. The molecular formula is C8H18ISn+. The van der Waals surface area contributed by atoms with Gasteiger partial charge in [0.05, 0.1) is 0 Å². The summed E-state index contributed by atoms with van der Waals surface area (Å²) in [5.74, 6) is 0. The average Bonchev–Trinajstić information content (AvgIpc) is 1.97. The van der Waals surface area contributed by atoms with E-state index >= 15 is 0 Å². The summed E-state index contributed by atoms with van der Waals surface area (Å²) >= 11 is 2.01. The zero-order chi connectivity index (χ0) is 7.82. The fourth-order valence-electron chi connectivity index (χ4n) is 0.862. The van der Waals surface area contributed by atoms with Crippen LogP contribution in [-0.4, -0.2) is 15.8 Å². The van der Waals surface area contributed by atoms with Gasteiger partial charge >= 0.3 is 82.8 Å². The van der Waals surface area contributed by atoms with Crippen molar-refractivity contribution >= 4 is 34.4 Å². The van der Waals surface area contributed by atoms with Crippen LogP contribution >= 0.6 is 18.6 Å². The second-order valence-electron chi connectivity index (χ2n) is 2.72. The number of hydrogen-bond donors (Lipinski definition) is 0. The average molecular weight is 360 g/mol. The van der Waals surface area contributed by atoms with E-state index in [9.17, 15) is 0 Å². The summed E-state index contributed by atoms with van der Waals surface area (Å²) in [7, 11) is 0. The van der Waals surface area contributed by atoms with Crippen LogP contribution in [0.15, 0.2) is 0 Å². The SMILES string of the molecule is CCC[CH2][Sn+]([I])[CH2]CCC. The molecule has 0 unspecified atom stereocenters. The molecule has 0 bridgehead atoms. The van der Waals surface area contributed by atoms with Crippen LogP contribution in [-0.2, 0) is 0 Å². The van der Waals surface area contributed by atoms with E-state index in [0.717, 1.165) is 0 Å². The van der Waals surface area contributed by atoms with Gasteiger partial charge in [0.2, 0.25) is 0 Å². The fourth-order valence-corrected chi connectivity index (χ4v) is 10.9. The van der Waals surface area contributed by atoms with E-state index in [1.165, 1.54) is 25.7 Å². The molecule has 0 N–H and O–H groups in total. The van der Waals surface area contributed by atoms with Crippen LogP contribution in [0.1, 0.15) is 39.5 Å². The molecule has 0 saturated heterocycles. The van der Waals surface area contributed by atoms with Crippen molar-refractivity contribution in [2.45, 2.75) is 48.4 Å². The van der Waals surface area contributed by atoms with Gasteiger partial charge in [-0.1, -0.05) is 0 Å². The molecule has 10 heavy (non-hydrogen) atoms. The van der Waals surface area contributed by atoms with Gasteiger partial charge in [-0.3, -0.25) is 0 Å². The first kappa shape index (κ1) is 11.5. The van der Waals surface area contributed by atoms with Gasteiger partial charge < -0.3 is 0 Å². The Morgan fingerprint density at radius 2 is 1.40 bits per heavy atom. The van der Waals surface area contributed by atoms with Crippen molar-refractivity contribution in [2.24, 2.45) is 0 Å². The third kappa shape index (κ3) is 7.63. The third-order valence-electron chi connectivity index (χ3n) is 1.60. The zero-order valence-electron chi connectivity index (χ0n) is 7.12. The molecule has 0 rings (SSSR count). The van der Waals surface area contributed by atoms with Crippen molar-refractivity contribution in [1.29, 1.82) is 0 Å². The van der Waals surface area contributed by atoms with Crippen LogP contribution in [0.5, 0.6) is 0 Å². The van der Waals surface area contributed by atoms with Gasteiger partial charge in [0.15, 0.2) is 0 Å².